The van der Waals surface area contributed by atoms with Crippen LogP contribution in [-0.4, -0.2) is 101 Å². The van der Waals surface area contributed by atoms with Gasteiger partial charge in [-0.25, -0.2) is 0 Å². The molecule has 1 unspecified atom stereocenters. The van der Waals surface area contributed by atoms with Crippen LogP contribution in [-0.2, 0) is 11.2 Å². The van der Waals surface area contributed by atoms with E-state index in [-0.39, 0.29) is 0 Å². The van der Waals surface area contributed by atoms with Crippen LogP contribution in [0.25, 0.3) is 0 Å². The molecule has 1 fully saturated rings. The van der Waals surface area contributed by atoms with E-state index < -0.39 is 0 Å². The Morgan fingerprint density at radius 3 is 2.40 bits per heavy atom. The summed E-state index contributed by atoms with van der Waals surface area (Å²) in [6, 6.07) is 15.1. The van der Waals surface area contributed by atoms with Crippen LogP contribution >= 0.6 is 0 Å². The smallest absolute Gasteiger partial charge is 0.133 e. The topological polar surface area (TPSA) is 42.0 Å². The zero-order valence-electron chi connectivity index (χ0n) is 28.0. The van der Waals surface area contributed by atoms with E-state index in [1.165, 1.54) is 62.0 Å². The van der Waals surface area contributed by atoms with Gasteiger partial charge in [-0.05, 0) is 107 Å². The highest BCUT2D eigenvalue weighted by molar-refractivity contribution is 5.52. The maximum absolute atomic E-state index is 11.2. The molecule has 6 nitrogen and oxygen atoms in total. The fourth-order valence-electron chi connectivity index (χ4n) is 5.83. The second kappa shape index (κ2) is 19.0. The Morgan fingerprint density at radius 1 is 1.02 bits per heavy atom. The van der Waals surface area contributed by atoms with Crippen molar-refractivity contribution in [3.05, 3.63) is 59.2 Å². The number of hydrogen-bond donors (Lipinski definition) is 0. The summed E-state index contributed by atoms with van der Waals surface area (Å²) < 4.78 is 12.3. The second-order valence-corrected chi connectivity index (χ2v) is 12.9. The third-order valence-electron chi connectivity index (χ3n) is 8.26. The molecule has 0 N–H and O–H groups in total. The Balaban J connectivity index is 0.000000374. The minimum atomic E-state index is 0.409. The van der Waals surface area contributed by atoms with Crippen LogP contribution in [0, 0.1) is 6.92 Å². The van der Waals surface area contributed by atoms with Crippen molar-refractivity contribution in [3.63, 3.8) is 0 Å². The van der Waals surface area contributed by atoms with E-state index in [0.29, 0.717) is 25.1 Å². The molecule has 1 heterocycles. The number of ether oxygens (including phenoxy) is 2. The van der Waals surface area contributed by atoms with Crippen molar-refractivity contribution < 1.29 is 18.8 Å². The predicted molar refractivity (Wildman–Crippen MR) is 177 cm³/mol. The average Bonchev–Trinajstić information content (AvgIpc) is 3.37. The SMILES string of the molecule is CCCCN(C)CCCC[N+](C)(C)C.CCOc1ccc(C2C[C@H](CCc3ccccc3OC)N(CC=O)C2)cc1C. The quantitative estimate of drug-likeness (QED) is 0.120. The molecule has 42 heavy (non-hydrogen) atoms. The third kappa shape index (κ3) is 12.8. The number of carbonyl (C=O) groups excluding carboxylic acids is 1. The summed E-state index contributed by atoms with van der Waals surface area (Å²) in [6.07, 6.45) is 9.43. The number of benzene rings is 2. The lowest BCUT2D eigenvalue weighted by atomic mass is 9.93. The highest BCUT2D eigenvalue weighted by atomic mass is 16.5. The molecule has 0 bridgehead atoms. The Labute approximate surface area is 257 Å². The molecule has 1 saturated heterocycles. The van der Waals surface area contributed by atoms with E-state index >= 15 is 0 Å². The molecule has 1 aliphatic rings. The molecule has 1 aliphatic heterocycles. The molecule has 2 aromatic rings. The highest BCUT2D eigenvalue weighted by Crippen LogP contribution is 2.35. The fourth-order valence-corrected chi connectivity index (χ4v) is 5.83. The van der Waals surface area contributed by atoms with Crippen LogP contribution in [0.2, 0.25) is 0 Å². The first-order chi connectivity index (χ1) is 20.1. The van der Waals surface area contributed by atoms with Gasteiger partial charge in [-0.15, -0.1) is 0 Å². The minimum Gasteiger partial charge on any atom is -0.496 e. The first-order valence-corrected chi connectivity index (χ1v) is 16.1. The van der Waals surface area contributed by atoms with Crippen LogP contribution in [0.4, 0.5) is 0 Å². The van der Waals surface area contributed by atoms with Gasteiger partial charge in [0.2, 0.25) is 0 Å². The van der Waals surface area contributed by atoms with Gasteiger partial charge in [-0.2, -0.15) is 0 Å². The van der Waals surface area contributed by atoms with Gasteiger partial charge in [0.05, 0.1) is 47.9 Å². The van der Waals surface area contributed by atoms with Gasteiger partial charge < -0.3 is 23.7 Å². The number of nitrogens with zero attached hydrogens (tertiary/aromatic N) is 3. The number of likely N-dealkylation sites (tertiary alicyclic amines) is 1. The molecule has 2 atom stereocenters. The summed E-state index contributed by atoms with van der Waals surface area (Å²) in [4.78, 5) is 16.0. The zero-order chi connectivity index (χ0) is 31.0. The summed E-state index contributed by atoms with van der Waals surface area (Å²) in [5.74, 6) is 2.36. The summed E-state index contributed by atoms with van der Waals surface area (Å²) in [6.45, 7) is 12.3. The first kappa shape index (κ1) is 35.8. The lowest BCUT2D eigenvalue weighted by Crippen LogP contribution is -2.35. The number of methoxy groups -OCH3 is 1. The number of hydrogen-bond acceptors (Lipinski definition) is 5. The standard InChI is InChI=1S/C24H31NO3.C12H29N2/c1-4-28-23-12-10-20(15-18(23)2)21-16-22(25(17-21)13-14-26)11-9-19-7-5-6-8-24(19)27-3;1-6-7-10-13(2)11-8-9-12-14(3,4)5/h5-8,10,12,14-15,21-22H,4,9,11,13,16-17H2,1-3H3;6-12H2,1-5H3/q;+1/t21?,22-;/m0./s1. The Morgan fingerprint density at radius 2 is 1.76 bits per heavy atom. The molecular formula is C36H60N3O3+. The first-order valence-electron chi connectivity index (χ1n) is 16.1. The monoisotopic (exact) mass is 582 g/mol. The predicted octanol–water partition coefficient (Wildman–Crippen LogP) is 6.60. The number of aryl methyl sites for hydroxylation is 2. The number of rotatable bonds is 17. The number of unbranched alkanes of at least 4 members (excludes halogenated alkanes) is 2. The van der Waals surface area contributed by atoms with Crippen molar-refractivity contribution in [1.29, 1.82) is 0 Å². The third-order valence-corrected chi connectivity index (χ3v) is 8.26. The van der Waals surface area contributed by atoms with Gasteiger partial charge >= 0.3 is 0 Å². The molecule has 2 aromatic carbocycles. The molecule has 236 valence electrons. The van der Waals surface area contributed by atoms with Crippen LogP contribution in [0.15, 0.2) is 42.5 Å². The molecule has 3 rings (SSSR count). The lowest BCUT2D eigenvalue weighted by Gasteiger charge is -2.24. The second-order valence-electron chi connectivity index (χ2n) is 12.9. The lowest BCUT2D eigenvalue weighted by molar-refractivity contribution is -0.870. The maximum atomic E-state index is 11.2. The number of aldehydes is 1. The van der Waals surface area contributed by atoms with Crippen LogP contribution in [0.5, 0.6) is 11.5 Å². The largest absolute Gasteiger partial charge is 0.496 e. The Kier molecular flexibility index (Phi) is 16.2. The zero-order valence-corrected chi connectivity index (χ0v) is 28.0. The van der Waals surface area contributed by atoms with E-state index in [9.17, 15) is 4.79 Å². The van der Waals surface area contributed by atoms with E-state index in [0.717, 1.165) is 48.1 Å². The Hall–Kier alpha value is -2.41. The summed E-state index contributed by atoms with van der Waals surface area (Å²) in [5.41, 5.74) is 3.76. The molecule has 0 aromatic heterocycles. The average molecular weight is 583 g/mol. The molecule has 0 aliphatic carbocycles. The van der Waals surface area contributed by atoms with Crippen LogP contribution in [0.3, 0.4) is 0 Å². The van der Waals surface area contributed by atoms with E-state index in [1.54, 1.807) is 7.11 Å². The van der Waals surface area contributed by atoms with Crippen molar-refractivity contribution in [2.45, 2.75) is 77.7 Å². The number of carbonyl (C=O) groups is 1. The van der Waals surface area contributed by atoms with Gasteiger partial charge in [0.25, 0.3) is 0 Å². The van der Waals surface area contributed by atoms with E-state index in [1.807, 2.05) is 19.1 Å². The van der Waals surface area contributed by atoms with Gasteiger partial charge in [0.15, 0.2) is 0 Å². The van der Waals surface area contributed by atoms with Gasteiger partial charge in [0, 0.05) is 12.6 Å². The Bertz CT molecular complexity index is 1040. The minimum absolute atomic E-state index is 0.409. The summed E-state index contributed by atoms with van der Waals surface area (Å²) >= 11 is 0. The molecule has 0 spiro atoms. The van der Waals surface area contributed by atoms with Gasteiger partial charge in [0.1, 0.15) is 17.8 Å². The molecule has 0 saturated carbocycles. The molecule has 0 amide bonds. The van der Waals surface area contributed by atoms with Crippen molar-refractivity contribution in [1.82, 2.24) is 9.80 Å². The normalized spacial score (nSPS) is 17.2. The van der Waals surface area contributed by atoms with Gasteiger partial charge in [-0.1, -0.05) is 43.7 Å². The number of para-hydroxylation sites is 1. The van der Waals surface area contributed by atoms with Crippen LogP contribution in [0.1, 0.15) is 75.0 Å². The number of quaternary nitrogens is 1. The van der Waals surface area contributed by atoms with Crippen molar-refractivity contribution >= 4 is 6.29 Å². The summed E-state index contributed by atoms with van der Waals surface area (Å²) in [5, 5.41) is 0. The fraction of sp³-hybridized carbons (Fsp3) is 0.639. The van der Waals surface area contributed by atoms with E-state index in [2.05, 4.69) is 82.2 Å². The van der Waals surface area contributed by atoms with Crippen LogP contribution < -0.4 is 9.47 Å². The highest BCUT2D eigenvalue weighted by Gasteiger charge is 2.32. The van der Waals surface area contributed by atoms with Gasteiger partial charge in [-0.3, -0.25) is 4.90 Å². The maximum Gasteiger partial charge on any atom is 0.133 e. The molecule has 0 radical (unpaired) electrons. The van der Waals surface area contributed by atoms with Crippen molar-refractivity contribution in [3.8, 4) is 11.5 Å². The molecule has 6 heteroatoms. The van der Waals surface area contributed by atoms with E-state index in [4.69, 9.17) is 9.47 Å². The van der Waals surface area contributed by atoms with Crippen molar-refractivity contribution in [2.24, 2.45) is 0 Å². The summed E-state index contributed by atoms with van der Waals surface area (Å²) in [7, 11) is 10.8. The molecular weight excluding hydrogens is 522 g/mol. The van der Waals surface area contributed by atoms with Crippen molar-refractivity contribution in [2.75, 3.05) is 74.6 Å².